The molecule has 27 heavy (non-hydrogen) atoms. The molecule has 0 unspecified atom stereocenters. The molecule has 0 bridgehead atoms. The molecule has 0 radical (unpaired) electrons. The van der Waals surface area contributed by atoms with Crippen molar-refractivity contribution in [1.82, 2.24) is 4.90 Å². The highest BCUT2D eigenvalue weighted by atomic mass is 35.5. The van der Waals surface area contributed by atoms with E-state index in [0.717, 1.165) is 37.6 Å². The van der Waals surface area contributed by atoms with Crippen LogP contribution in [0.2, 0.25) is 5.02 Å². The van der Waals surface area contributed by atoms with Crippen molar-refractivity contribution in [2.75, 3.05) is 38.2 Å². The van der Waals surface area contributed by atoms with Gasteiger partial charge in [0.25, 0.3) is 0 Å². The third-order valence-electron chi connectivity index (χ3n) is 4.99. The third kappa shape index (κ3) is 3.80. The first-order valence-electron chi connectivity index (χ1n) is 8.95. The van der Waals surface area contributed by atoms with Crippen LogP contribution in [0.1, 0.15) is 5.56 Å². The fourth-order valence-corrected chi connectivity index (χ4v) is 3.64. The van der Waals surface area contributed by atoms with Gasteiger partial charge in [0.05, 0.1) is 18.8 Å². The molecule has 0 saturated carbocycles. The number of fused-ring (bicyclic) bond motifs is 1. The molecule has 2 heterocycles. The van der Waals surface area contributed by atoms with Crippen LogP contribution < -0.4 is 15.1 Å². The van der Waals surface area contributed by atoms with Crippen LogP contribution in [0, 0.1) is 0 Å². The van der Waals surface area contributed by atoms with Crippen molar-refractivity contribution in [2.24, 2.45) is 0 Å². The average molecular weight is 385 g/mol. The van der Waals surface area contributed by atoms with Crippen molar-refractivity contribution in [3.8, 4) is 5.75 Å². The lowest BCUT2D eigenvalue weighted by Crippen LogP contribution is -2.46. The maximum absolute atomic E-state index is 12.7. The molecule has 0 aliphatic carbocycles. The fraction of sp³-hybridized carbons (Fsp3) is 0.286. The molecule has 5 nitrogen and oxygen atoms in total. The highest BCUT2D eigenvalue weighted by Crippen LogP contribution is 2.23. The number of halogens is 1. The zero-order chi connectivity index (χ0) is 18.8. The Labute approximate surface area is 162 Å². The van der Waals surface area contributed by atoms with Crippen LogP contribution in [0.3, 0.4) is 0 Å². The van der Waals surface area contributed by atoms with Crippen LogP contribution in [-0.2, 0) is 6.54 Å². The number of nitrogens with zero attached hydrogens (tertiary/aromatic N) is 2. The van der Waals surface area contributed by atoms with E-state index in [-0.39, 0.29) is 5.43 Å². The quantitative estimate of drug-likeness (QED) is 0.685. The van der Waals surface area contributed by atoms with E-state index in [2.05, 4.69) is 21.9 Å². The zero-order valence-corrected chi connectivity index (χ0v) is 15.9. The van der Waals surface area contributed by atoms with Crippen molar-refractivity contribution < 1.29 is 9.15 Å². The molecule has 2 aromatic carbocycles. The average Bonchev–Trinajstić information content (AvgIpc) is 2.71. The number of piperazine rings is 1. The summed E-state index contributed by atoms with van der Waals surface area (Å²) in [5.41, 5.74) is 2.39. The van der Waals surface area contributed by atoms with E-state index >= 15 is 0 Å². The monoisotopic (exact) mass is 384 g/mol. The molecule has 6 heteroatoms. The lowest BCUT2D eigenvalue weighted by molar-refractivity contribution is 0.247. The molecule has 1 aliphatic rings. The normalized spacial score (nSPS) is 15.3. The van der Waals surface area contributed by atoms with Gasteiger partial charge in [-0.25, -0.2) is 0 Å². The second kappa shape index (κ2) is 7.62. The number of hydrogen-bond acceptors (Lipinski definition) is 5. The Bertz CT molecular complexity index is 1010. The van der Waals surface area contributed by atoms with E-state index < -0.39 is 0 Å². The molecule has 1 saturated heterocycles. The minimum absolute atomic E-state index is 0.00558. The van der Waals surface area contributed by atoms with Crippen LogP contribution in [0.25, 0.3) is 11.0 Å². The smallest absolute Gasteiger partial charge is 0.197 e. The van der Waals surface area contributed by atoms with E-state index in [1.54, 1.807) is 31.6 Å². The largest absolute Gasteiger partial charge is 0.497 e. The van der Waals surface area contributed by atoms with Crippen LogP contribution in [0.4, 0.5) is 5.69 Å². The zero-order valence-electron chi connectivity index (χ0n) is 15.2. The predicted molar refractivity (Wildman–Crippen MR) is 108 cm³/mol. The summed E-state index contributed by atoms with van der Waals surface area (Å²) in [6.45, 7) is 4.14. The number of anilines is 1. The minimum atomic E-state index is -0.00558. The fourth-order valence-electron chi connectivity index (χ4n) is 3.46. The first-order valence-corrected chi connectivity index (χ1v) is 9.33. The summed E-state index contributed by atoms with van der Waals surface area (Å²) in [7, 11) is 1.68. The van der Waals surface area contributed by atoms with Gasteiger partial charge in [0.1, 0.15) is 11.3 Å². The Balaban J connectivity index is 1.45. The summed E-state index contributed by atoms with van der Waals surface area (Å²) >= 11 is 6.03. The first-order chi connectivity index (χ1) is 13.1. The van der Waals surface area contributed by atoms with Crippen LogP contribution in [0.5, 0.6) is 5.75 Å². The summed E-state index contributed by atoms with van der Waals surface area (Å²) in [6.07, 6.45) is 1.58. The topological polar surface area (TPSA) is 45.9 Å². The maximum Gasteiger partial charge on any atom is 0.197 e. The van der Waals surface area contributed by atoms with Gasteiger partial charge in [-0.05, 0) is 30.3 Å². The predicted octanol–water partition coefficient (Wildman–Crippen LogP) is 3.78. The van der Waals surface area contributed by atoms with Crippen molar-refractivity contribution in [3.05, 3.63) is 69.5 Å². The lowest BCUT2D eigenvalue weighted by Gasteiger charge is -2.36. The molecule has 0 atom stereocenters. The van der Waals surface area contributed by atoms with E-state index in [4.69, 9.17) is 20.8 Å². The standard InChI is InChI=1S/C21H21ClN2O3/c1-26-18-4-2-3-17(12-18)24-9-7-23(8-10-24)13-15-14-27-20-6-5-16(22)11-19(20)21(15)25/h2-6,11-12,14H,7-10,13H2,1H3. The van der Waals surface area contributed by atoms with Gasteiger partial charge in [-0.3, -0.25) is 9.69 Å². The van der Waals surface area contributed by atoms with Crippen molar-refractivity contribution in [1.29, 1.82) is 0 Å². The van der Waals surface area contributed by atoms with Gasteiger partial charge < -0.3 is 14.1 Å². The molecular formula is C21H21ClN2O3. The Hall–Kier alpha value is -2.50. The summed E-state index contributed by atoms with van der Waals surface area (Å²) in [5, 5.41) is 1.08. The van der Waals surface area contributed by atoms with Crippen molar-refractivity contribution in [2.45, 2.75) is 6.54 Å². The molecule has 4 rings (SSSR count). The first kappa shape index (κ1) is 17.9. The molecule has 3 aromatic rings. The summed E-state index contributed by atoms with van der Waals surface area (Å²) in [4.78, 5) is 17.4. The van der Waals surface area contributed by atoms with Crippen molar-refractivity contribution in [3.63, 3.8) is 0 Å². The van der Waals surface area contributed by atoms with Crippen LogP contribution in [-0.4, -0.2) is 38.2 Å². The minimum Gasteiger partial charge on any atom is -0.497 e. The second-order valence-corrected chi connectivity index (χ2v) is 7.13. The Morgan fingerprint density at radius 1 is 1.11 bits per heavy atom. The molecule has 1 fully saturated rings. The molecular weight excluding hydrogens is 364 g/mol. The molecule has 140 valence electrons. The third-order valence-corrected chi connectivity index (χ3v) is 5.23. The van der Waals surface area contributed by atoms with Gasteiger partial charge in [-0.2, -0.15) is 0 Å². The molecule has 1 aromatic heterocycles. The SMILES string of the molecule is COc1cccc(N2CCN(Cc3coc4ccc(Cl)cc4c3=O)CC2)c1. The van der Waals surface area contributed by atoms with Gasteiger partial charge in [-0.1, -0.05) is 17.7 Å². The van der Waals surface area contributed by atoms with E-state index in [1.807, 2.05) is 12.1 Å². The van der Waals surface area contributed by atoms with E-state index in [9.17, 15) is 4.79 Å². The molecule has 0 amide bonds. The molecule has 1 aliphatic heterocycles. The maximum atomic E-state index is 12.7. The number of ether oxygens (including phenoxy) is 1. The Morgan fingerprint density at radius 3 is 2.70 bits per heavy atom. The number of benzene rings is 2. The Morgan fingerprint density at radius 2 is 1.93 bits per heavy atom. The summed E-state index contributed by atoms with van der Waals surface area (Å²) in [5.74, 6) is 0.863. The number of methoxy groups -OCH3 is 1. The van der Waals surface area contributed by atoms with Gasteiger partial charge in [0, 0.05) is 55.1 Å². The van der Waals surface area contributed by atoms with E-state index in [1.165, 1.54) is 0 Å². The van der Waals surface area contributed by atoms with Gasteiger partial charge in [-0.15, -0.1) is 0 Å². The highest BCUT2D eigenvalue weighted by molar-refractivity contribution is 6.31. The second-order valence-electron chi connectivity index (χ2n) is 6.70. The molecule has 0 N–H and O–H groups in total. The molecule has 0 spiro atoms. The highest BCUT2D eigenvalue weighted by Gasteiger charge is 2.19. The van der Waals surface area contributed by atoms with Gasteiger partial charge in [0.2, 0.25) is 0 Å². The summed E-state index contributed by atoms with van der Waals surface area (Å²) in [6, 6.07) is 13.2. The Kier molecular flexibility index (Phi) is 5.05. The van der Waals surface area contributed by atoms with Crippen molar-refractivity contribution >= 4 is 28.3 Å². The van der Waals surface area contributed by atoms with E-state index in [0.29, 0.717) is 28.1 Å². The van der Waals surface area contributed by atoms with Crippen LogP contribution in [0.15, 0.2) is 57.9 Å². The lowest BCUT2D eigenvalue weighted by atomic mass is 10.1. The van der Waals surface area contributed by atoms with Gasteiger partial charge >= 0.3 is 0 Å². The summed E-state index contributed by atoms with van der Waals surface area (Å²) < 4.78 is 10.9. The number of rotatable bonds is 4. The van der Waals surface area contributed by atoms with Crippen LogP contribution >= 0.6 is 11.6 Å². The number of hydrogen-bond donors (Lipinski definition) is 0. The van der Waals surface area contributed by atoms with Gasteiger partial charge in [0.15, 0.2) is 5.43 Å².